The van der Waals surface area contributed by atoms with Gasteiger partial charge in [0.25, 0.3) is 5.91 Å². The molecule has 2 N–H and O–H groups in total. The molecule has 0 spiro atoms. The average Bonchev–Trinajstić information content (AvgIpc) is 2.86. The van der Waals surface area contributed by atoms with Gasteiger partial charge in [-0.2, -0.15) is 8.78 Å². The molecule has 3 aromatic carbocycles. The zero-order chi connectivity index (χ0) is 24.6. The van der Waals surface area contributed by atoms with Crippen LogP contribution in [0.5, 0.6) is 5.75 Å². The van der Waals surface area contributed by atoms with Crippen molar-refractivity contribution in [2.75, 3.05) is 43.5 Å². The molecule has 35 heavy (non-hydrogen) atoms. The molecule has 0 bridgehead atoms. The summed E-state index contributed by atoms with van der Waals surface area (Å²) in [6.07, 6.45) is 0. The van der Waals surface area contributed by atoms with Crippen LogP contribution in [-0.4, -0.2) is 56.2 Å². The van der Waals surface area contributed by atoms with Gasteiger partial charge in [-0.1, -0.05) is 42.5 Å². The van der Waals surface area contributed by atoms with Crippen molar-refractivity contribution >= 4 is 23.2 Å². The topological polar surface area (TPSA) is 79.9 Å². The third-order valence-electron chi connectivity index (χ3n) is 5.45. The Balaban J connectivity index is 1.46. The number of ether oxygens (including phenoxy) is 2. The largest absolute Gasteiger partial charge is 0.433 e. The zero-order valence-corrected chi connectivity index (χ0v) is 18.9. The van der Waals surface area contributed by atoms with Crippen LogP contribution in [0.3, 0.4) is 0 Å². The Bertz CT molecular complexity index is 1150. The van der Waals surface area contributed by atoms with Crippen molar-refractivity contribution in [2.24, 2.45) is 0 Å². The van der Waals surface area contributed by atoms with E-state index in [-0.39, 0.29) is 23.5 Å². The number of alkyl halides is 2. The van der Waals surface area contributed by atoms with Crippen LogP contribution in [0.15, 0.2) is 72.8 Å². The van der Waals surface area contributed by atoms with E-state index in [2.05, 4.69) is 15.4 Å². The predicted octanol–water partition coefficient (Wildman–Crippen LogP) is 4.48. The van der Waals surface area contributed by atoms with Crippen LogP contribution < -0.4 is 15.4 Å². The number of anilines is 2. The van der Waals surface area contributed by atoms with Gasteiger partial charge in [0.2, 0.25) is 5.91 Å². The molecule has 1 aliphatic rings. The number of carbonyl (C=O) groups excluding carboxylic acids is 2. The molecule has 0 radical (unpaired) electrons. The Morgan fingerprint density at radius 1 is 0.914 bits per heavy atom. The highest BCUT2D eigenvalue weighted by Gasteiger charge is 2.18. The number of rotatable bonds is 8. The molecule has 182 valence electrons. The fourth-order valence-electron chi connectivity index (χ4n) is 3.70. The van der Waals surface area contributed by atoms with Crippen molar-refractivity contribution in [3.05, 3.63) is 78.4 Å². The highest BCUT2D eigenvalue weighted by Crippen LogP contribution is 2.28. The summed E-state index contributed by atoms with van der Waals surface area (Å²) < 4.78 is 35.5. The van der Waals surface area contributed by atoms with E-state index in [1.165, 1.54) is 18.2 Å². The molecule has 0 aliphatic carbocycles. The first-order chi connectivity index (χ1) is 17.0. The van der Waals surface area contributed by atoms with E-state index in [1.807, 2.05) is 47.4 Å². The molecular weight excluding hydrogens is 456 g/mol. The minimum atomic E-state index is -3.08. The van der Waals surface area contributed by atoms with Crippen molar-refractivity contribution < 1.29 is 27.8 Å². The number of nitrogens with zero attached hydrogens (tertiary/aromatic N) is 1. The Morgan fingerprint density at radius 2 is 1.60 bits per heavy atom. The van der Waals surface area contributed by atoms with Crippen LogP contribution in [0.1, 0.15) is 10.4 Å². The zero-order valence-electron chi connectivity index (χ0n) is 18.9. The first kappa shape index (κ1) is 24.3. The third-order valence-corrected chi connectivity index (χ3v) is 5.45. The lowest BCUT2D eigenvalue weighted by molar-refractivity contribution is -0.118. The molecule has 2 amide bonds. The van der Waals surface area contributed by atoms with E-state index >= 15 is 0 Å². The van der Waals surface area contributed by atoms with E-state index in [1.54, 1.807) is 12.1 Å². The minimum Gasteiger partial charge on any atom is -0.433 e. The minimum absolute atomic E-state index is 0.00404. The van der Waals surface area contributed by atoms with Gasteiger partial charge < -0.3 is 20.1 Å². The SMILES string of the molecule is O=C(CN1CCOCC1)Nc1cc(C(=O)Nc2ccc(-c3ccccc3)cc2)ccc1OC(F)F. The summed E-state index contributed by atoms with van der Waals surface area (Å²) in [4.78, 5) is 27.2. The fraction of sp³-hybridized carbons (Fsp3) is 0.231. The Hall–Kier alpha value is -3.82. The van der Waals surface area contributed by atoms with Crippen LogP contribution in [0.2, 0.25) is 0 Å². The average molecular weight is 481 g/mol. The number of amides is 2. The molecule has 1 fully saturated rings. The Labute approximate surface area is 201 Å². The monoisotopic (exact) mass is 481 g/mol. The summed E-state index contributed by atoms with van der Waals surface area (Å²) in [6, 6.07) is 21.1. The van der Waals surface area contributed by atoms with Gasteiger partial charge in [0, 0.05) is 24.3 Å². The quantitative estimate of drug-likeness (QED) is 0.496. The lowest BCUT2D eigenvalue weighted by atomic mass is 10.1. The van der Waals surface area contributed by atoms with Crippen LogP contribution in [0.25, 0.3) is 11.1 Å². The maximum absolute atomic E-state index is 12.9. The standard InChI is InChI=1S/C26H25F2N3O4/c27-26(28)35-23-11-8-20(16-22(23)30-24(32)17-31-12-14-34-15-13-31)25(33)29-21-9-6-19(7-10-21)18-4-2-1-3-5-18/h1-11,16,26H,12-15,17H2,(H,29,33)(H,30,32). The maximum atomic E-state index is 12.9. The van der Waals surface area contributed by atoms with Gasteiger partial charge in [0.05, 0.1) is 25.4 Å². The number of hydrogen-bond acceptors (Lipinski definition) is 5. The van der Waals surface area contributed by atoms with E-state index < -0.39 is 18.4 Å². The maximum Gasteiger partial charge on any atom is 0.387 e. The Morgan fingerprint density at radius 3 is 2.29 bits per heavy atom. The normalized spacial score (nSPS) is 13.9. The number of halogens is 2. The Kier molecular flexibility index (Phi) is 8.02. The van der Waals surface area contributed by atoms with Crippen molar-refractivity contribution in [2.45, 2.75) is 6.61 Å². The van der Waals surface area contributed by atoms with Crippen LogP contribution >= 0.6 is 0 Å². The third kappa shape index (κ3) is 6.84. The lowest BCUT2D eigenvalue weighted by Crippen LogP contribution is -2.41. The summed E-state index contributed by atoms with van der Waals surface area (Å²) in [5, 5.41) is 5.37. The highest BCUT2D eigenvalue weighted by atomic mass is 19.3. The van der Waals surface area contributed by atoms with Gasteiger partial charge in [0.1, 0.15) is 5.75 Å². The predicted molar refractivity (Wildman–Crippen MR) is 129 cm³/mol. The molecule has 0 atom stereocenters. The van der Waals surface area contributed by atoms with Gasteiger partial charge in [-0.05, 0) is 41.5 Å². The molecule has 1 aliphatic heterocycles. The molecule has 3 aromatic rings. The smallest absolute Gasteiger partial charge is 0.387 e. The first-order valence-corrected chi connectivity index (χ1v) is 11.1. The molecule has 7 nitrogen and oxygen atoms in total. The van der Waals surface area contributed by atoms with E-state index in [4.69, 9.17) is 4.74 Å². The van der Waals surface area contributed by atoms with E-state index in [9.17, 15) is 18.4 Å². The van der Waals surface area contributed by atoms with Crippen molar-refractivity contribution in [1.29, 1.82) is 0 Å². The van der Waals surface area contributed by atoms with Crippen LogP contribution in [0, 0.1) is 0 Å². The molecule has 0 unspecified atom stereocenters. The van der Waals surface area contributed by atoms with Gasteiger partial charge in [-0.3, -0.25) is 14.5 Å². The van der Waals surface area contributed by atoms with E-state index in [0.717, 1.165) is 11.1 Å². The summed E-state index contributed by atoms with van der Waals surface area (Å²) in [5.74, 6) is -1.08. The van der Waals surface area contributed by atoms with Crippen LogP contribution in [0.4, 0.5) is 20.2 Å². The number of carbonyl (C=O) groups is 2. The first-order valence-electron chi connectivity index (χ1n) is 11.1. The van der Waals surface area contributed by atoms with Crippen LogP contribution in [-0.2, 0) is 9.53 Å². The van der Waals surface area contributed by atoms with Gasteiger partial charge in [-0.25, -0.2) is 0 Å². The number of morpholine rings is 1. The number of benzene rings is 3. The number of nitrogens with one attached hydrogen (secondary N) is 2. The molecule has 1 heterocycles. The summed E-state index contributed by atoms with van der Waals surface area (Å²) in [6.45, 7) is -0.766. The van der Waals surface area contributed by atoms with Crippen molar-refractivity contribution in [1.82, 2.24) is 4.90 Å². The molecular formula is C26H25F2N3O4. The van der Waals surface area contributed by atoms with Crippen molar-refractivity contribution in [3.8, 4) is 16.9 Å². The summed E-state index contributed by atoms with van der Waals surface area (Å²) in [5.41, 5.74) is 2.80. The highest BCUT2D eigenvalue weighted by molar-refractivity contribution is 6.06. The van der Waals surface area contributed by atoms with Gasteiger partial charge in [-0.15, -0.1) is 0 Å². The molecule has 0 saturated carbocycles. The molecule has 1 saturated heterocycles. The molecule has 0 aromatic heterocycles. The second kappa shape index (κ2) is 11.5. The van der Waals surface area contributed by atoms with E-state index in [0.29, 0.717) is 32.0 Å². The molecule has 9 heteroatoms. The fourth-order valence-corrected chi connectivity index (χ4v) is 3.70. The number of hydrogen-bond donors (Lipinski definition) is 2. The second-order valence-corrected chi connectivity index (χ2v) is 7.92. The summed E-state index contributed by atoms with van der Waals surface area (Å²) >= 11 is 0. The second-order valence-electron chi connectivity index (χ2n) is 7.92. The lowest BCUT2D eigenvalue weighted by Gasteiger charge is -2.26. The van der Waals surface area contributed by atoms with Gasteiger partial charge in [0.15, 0.2) is 0 Å². The molecule has 4 rings (SSSR count). The summed E-state index contributed by atoms with van der Waals surface area (Å²) in [7, 11) is 0. The van der Waals surface area contributed by atoms with Gasteiger partial charge >= 0.3 is 6.61 Å². The van der Waals surface area contributed by atoms with Crippen molar-refractivity contribution in [3.63, 3.8) is 0 Å².